The summed E-state index contributed by atoms with van der Waals surface area (Å²) in [7, 11) is 0. The van der Waals surface area contributed by atoms with E-state index in [1.807, 2.05) is 0 Å². The maximum absolute atomic E-state index is 13.6. The molecule has 7 heteroatoms. The summed E-state index contributed by atoms with van der Waals surface area (Å²) < 4.78 is 18.7. The molecule has 0 spiro atoms. The van der Waals surface area contributed by atoms with E-state index in [0.717, 1.165) is 12.3 Å². The van der Waals surface area contributed by atoms with Gasteiger partial charge in [-0.2, -0.15) is 10.5 Å². The number of nitriles is 2. The highest BCUT2D eigenvalue weighted by Crippen LogP contribution is 2.20. The van der Waals surface area contributed by atoms with Crippen LogP contribution in [0.5, 0.6) is 0 Å². The monoisotopic (exact) mass is 302 g/mol. The molecule has 1 amide bonds. The van der Waals surface area contributed by atoms with Crippen molar-refractivity contribution >= 4 is 17.5 Å². The van der Waals surface area contributed by atoms with E-state index in [0.29, 0.717) is 5.69 Å². The Morgan fingerprint density at radius 1 is 1.32 bits per heavy atom. The fraction of sp³-hybridized carbons (Fsp3) is 0.267. The third kappa shape index (κ3) is 5.51. The van der Waals surface area contributed by atoms with Crippen molar-refractivity contribution in [3.63, 3.8) is 0 Å². The van der Waals surface area contributed by atoms with Gasteiger partial charge in [-0.3, -0.25) is 5.32 Å². The number of rotatable bonds is 3. The van der Waals surface area contributed by atoms with Crippen LogP contribution in [-0.4, -0.2) is 11.7 Å². The molecule has 6 nitrogen and oxygen atoms in total. The zero-order valence-electron chi connectivity index (χ0n) is 12.4. The molecule has 1 aromatic carbocycles. The van der Waals surface area contributed by atoms with Gasteiger partial charge in [-0.25, -0.2) is 9.18 Å². The first-order valence-electron chi connectivity index (χ1n) is 6.31. The minimum absolute atomic E-state index is 0.0107. The number of nitrogens with one attached hydrogen (secondary N) is 2. The van der Waals surface area contributed by atoms with Crippen LogP contribution in [0, 0.1) is 28.5 Å². The van der Waals surface area contributed by atoms with Gasteiger partial charge in [-0.1, -0.05) is 0 Å². The Hall–Kier alpha value is -3.06. The van der Waals surface area contributed by atoms with Crippen LogP contribution < -0.4 is 10.6 Å². The highest BCUT2D eigenvalue weighted by Gasteiger charge is 2.16. The van der Waals surface area contributed by atoms with Gasteiger partial charge in [0, 0.05) is 11.9 Å². The molecule has 0 saturated carbocycles. The van der Waals surface area contributed by atoms with Crippen LogP contribution in [0.15, 0.2) is 30.0 Å². The predicted octanol–water partition coefficient (Wildman–Crippen LogP) is 3.52. The normalized spacial score (nSPS) is 9.91. The number of ether oxygens (including phenoxy) is 1. The molecule has 0 aliphatic heterocycles. The first-order valence-corrected chi connectivity index (χ1v) is 6.31. The summed E-state index contributed by atoms with van der Waals surface area (Å²) in [6.45, 7) is 5.17. The van der Waals surface area contributed by atoms with E-state index in [1.54, 1.807) is 32.9 Å². The summed E-state index contributed by atoms with van der Waals surface area (Å²) >= 11 is 0. The molecule has 2 N–H and O–H groups in total. The van der Waals surface area contributed by atoms with Gasteiger partial charge in [0.05, 0.1) is 5.69 Å². The summed E-state index contributed by atoms with van der Waals surface area (Å²) in [5.74, 6) is -0.596. The number of carbonyl (C=O) groups excluding carboxylic acids is 1. The molecule has 0 aliphatic rings. The molecule has 114 valence electrons. The van der Waals surface area contributed by atoms with Crippen LogP contribution in [0.3, 0.4) is 0 Å². The molecule has 0 unspecified atom stereocenters. The minimum atomic E-state index is -0.671. The van der Waals surface area contributed by atoms with E-state index in [4.69, 9.17) is 15.3 Å². The largest absolute Gasteiger partial charge is 0.444 e. The lowest BCUT2D eigenvalue weighted by atomic mass is 10.2. The molecule has 0 bridgehead atoms. The average molecular weight is 302 g/mol. The third-order valence-electron chi connectivity index (χ3n) is 2.22. The maximum atomic E-state index is 13.6. The quantitative estimate of drug-likeness (QED) is 0.832. The number of anilines is 2. The molecule has 0 saturated heterocycles. The Kier molecular flexibility index (Phi) is 5.48. The Morgan fingerprint density at radius 3 is 2.50 bits per heavy atom. The van der Waals surface area contributed by atoms with Crippen LogP contribution in [0.25, 0.3) is 0 Å². The number of hydrogen-bond donors (Lipinski definition) is 2. The first-order chi connectivity index (χ1) is 10.2. The van der Waals surface area contributed by atoms with Crippen molar-refractivity contribution in [2.75, 3.05) is 10.6 Å². The van der Waals surface area contributed by atoms with Gasteiger partial charge in [-0.15, -0.1) is 0 Å². The third-order valence-corrected chi connectivity index (χ3v) is 2.22. The van der Waals surface area contributed by atoms with Gasteiger partial charge in [0.1, 0.15) is 29.1 Å². The van der Waals surface area contributed by atoms with Crippen molar-refractivity contribution in [2.45, 2.75) is 26.4 Å². The fourth-order valence-corrected chi connectivity index (χ4v) is 1.37. The second-order valence-electron chi connectivity index (χ2n) is 5.25. The smallest absolute Gasteiger partial charge is 0.412 e. The van der Waals surface area contributed by atoms with E-state index in [9.17, 15) is 9.18 Å². The summed E-state index contributed by atoms with van der Waals surface area (Å²) in [6, 6.07) is 7.11. The highest BCUT2D eigenvalue weighted by molar-refractivity contribution is 5.85. The van der Waals surface area contributed by atoms with Crippen LogP contribution in [0.4, 0.5) is 20.6 Å². The Morgan fingerprint density at radius 2 is 1.95 bits per heavy atom. The SMILES string of the molecule is CC(C)(C)OC(=O)Nc1ccc(F)c(NC=C(C#N)C#N)c1. The molecule has 0 heterocycles. The van der Waals surface area contributed by atoms with E-state index in [1.165, 1.54) is 12.1 Å². The Labute approximate surface area is 127 Å². The average Bonchev–Trinajstić information content (AvgIpc) is 2.41. The van der Waals surface area contributed by atoms with Crippen molar-refractivity contribution < 1.29 is 13.9 Å². The molecule has 0 aliphatic carbocycles. The molecule has 1 rings (SSSR count). The van der Waals surface area contributed by atoms with Crippen molar-refractivity contribution in [2.24, 2.45) is 0 Å². The summed E-state index contributed by atoms with van der Waals surface area (Å²) in [4.78, 5) is 11.6. The molecular weight excluding hydrogens is 287 g/mol. The van der Waals surface area contributed by atoms with Gasteiger partial charge in [0.15, 0.2) is 0 Å². The highest BCUT2D eigenvalue weighted by atomic mass is 19.1. The molecule has 0 fully saturated rings. The Bertz CT molecular complexity index is 662. The van der Waals surface area contributed by atoms with Crippen LogP contribution in [0.1, 0.15) is 20.8 Å². The summed E-state index contributed by atoms with van der Waals surface area (Å²) in [6.07, 6.45) is 0.408. The number of amides is 1. The fourth-order valence-electron chi connectivity index (χ4n) is 1.37. The van der Waals surface area contributed by atoms with Gasteiger partial charge in [0.2, 0.25) is 0 Å². The molecule has 0 radical (unpaired) electrons. The van der Waals surface area contributed by atoms with Crippen molar-refractivity contribution in [3.05, 3.63) is 35.8 Å². The summed E-state index contributed by atoms with van der Waals surface area (Å²) in [5, 5.41) is 22.2. The molecular formula is C15H15FN4O2. The number of hydrogen-bond acceptors (Lipinski definition) is 5. The van der Waals surface area contributed by atoms with E-state index in [2.05, 4.69) is 10.6 Å². The number of carbonyl (C=O) groups is 1. The lowest BCUT2D eigenvalue weighted by Crippen LogP contribution is -2.27. The van der Waals surface area contributed by atoms with Crippen molar-refractivity contribution in [3.8, 4) is 12.1 Å². The van der Waals surface area contributed by atoms with E-state index in [-0.39, 0.29) is 11.3 Å². The van der Waals surface area contributed by atoms with Crippen molar-refractivity contribution in [1.82, 2.24) is 0 Å². The molecule has 0 aromatic heterocycles. The van der Waals surface area contributed by atoms with Gasteiger partial charge >= 0.3 is 6.09 Å². The zero-order valence-corrected chi connectivity index (χ0v) is 12.4. The first kappa shape index (κ1) is 17.0. The van der Waals surface area contributed by atoms with E-state index >= 15 is 0 Å². The summed E-state index contributed by atoms with van der Waals surface area (Å²) in [5.41, 5.74) is -0.536. The number of nitrogens with zero attached hydrogens (tertiary/aromatic N) is 2. The van der Waals surface area contributed by atoms with Gasteiger partial charge < -0.3 is 10.1 Å². The standard InChI is InChI=1S/C15H15FN4O2/c1-15(2,3)22-14(21)20-11-4-5-12(16)13(6-11)19-9-10(7-17)8-18/h4-6,9,19H,1-3H3,(H,20,21). The number of halogens is 1. The van der Waals surface area contributed by atoms with Crippen LogP contribution in [-0.2, 0) is 4.74 Å². The zero-order chi connectivity index (χ0) is 16.8. The molecule has 22 heavy (non-hydrogen) atoms. The minimum Gasteiger partial charge on any atom is -0.444 e. The second-order valence-corrected chi connectivity index (χ2v) is 5.25. The lowest BCUT2D eigenvalue weighted by Gasteiger charge is -2.19. The van der Waals surface area contributed by atoms with Crippen molar-refractivity contribution in [1.29, 1.82) is 10.5 Å². The molecule has 0 atom stereocenters. The number of allylic oxidation sites excluding steroid dienone is 1. The maximum Gasteiger partial charge on any atom is 0.412 e. The van der Waals surface area contributed by atoms with Crippen LogP contribution in [0.2, 0.25) is 0 Å². The Balaban J connectivity index is 2.87. The van der Waals surface area contributed by atoms with Gasteiger partial charge in [-0.05, 0) is 39.0 Å². The second kappa shape index (κ2) is 7.09. The predicted molar refractivity (Wildman–Crippen MR) is 79.2 cm³/mol. The topological polar surface area (TPSA) is 97.9 Å². The van der Waals surface area contributed by atoms with Gasteiger partial charge in [0.25, 0.3) is 0 Å². The van der Waals surface area contributed by atoms with E-state index < -0.39 is 17.5 Å². The number of benzene rings is 1. The van der Waals surface area contributed by atoms with Crippen LogP contribution >= 0.6 is 0 Å². The lowest BCUT2D eigenvalue weighted by molar-refractivity contribution is 0.0636. The molecule has 1 aromatic rings.